The minimum absolute atomic E-state index is 0.133. The van der Waals surface area contributed by atoms with Gasteiger partial charge in [0.25, 0.3) is 0 Å². The second kappa shape index (κ2) is 8.01. The number of hydrogen-bond acceptors (Lipinski definition) is 5. The van der Waals surface area contributed by atoms with Gasteiger partial charge in [0.15, 0.2) is 0 Å². The third-order valence-electron chi connectivity index (χ3n) is 5.15. The molecule has 2 aromatic heterocycles. The van der Waals surface area contributed by atoms with Crippen LogP contribution in [0.25, 0.3) is 0 Å². The smallest absolute Gasteiger partial charge is 0.216 e. The summed E-state index contributed by atoms with van der Waals surface area (Å²) in [7, 11) is 3.66. The number of rotatable bonds is 7. The Labute approximate surface area is 149 Å². The monoisotopic (exact) mass is 347 g/mol. The predicted molar refractivity (Wildman–Crippen MR) is 95.7 cm³/mol. The van der Waals surface area contributed by atoms with Crippen molar-refractivity contribution in [2.75, 3.05) is 26.8 Å². The highest BCUT2D eigenvalue weighted by Gasteiger charge is 2.25. The number of likely N-dealkylation sites (tertiary alicyclic amines) is 1. The normalized spacial score (nSPS) is 16.5. The Kier molecular flexibility index (Phi) is 5.75. The van der Waals surface area contributed by atoms with Gasteiger partial charge in [0.2, 0.25) is 5.88 Å². The maximum Gasteiger partial charge on any atom is 0.216 e. The van der Waals surface area contributed by atoms with Crippen LogP contribution in [0.2, 0.25) is 0 Å². The Balaban J connectivity index is 1.64. The minimum Gasteiger partial charge on any atom is -0.481 e. The summed E-state index contributed by atoms with van der Waals surface area (Å²) in [5.74, 6) is 1.40. The lowest BCUT2D eigenvalue weighted by molar-refractivity contribution is 0.196. The zero-order chi connectivity index (χ0) is 17.8. The molecule has 0 spiro atoms. The molecule has 0 unspecified atom stereocenters. The van der Waals surface area contributed by atoms with Gasteiger partial charge >= 0.3 is 0 Å². The molecule has 138 valence electrons. The van der Waals surface area contributed by atoms with Gasteiger partial charge in [-0.3, -0.25) is 9.58 Å². The molecule has 1 N–H and O–H groups in total. The molecule has 1 aliphatic rings. The number of methoxy groups -OCH3 is 1. The molecule has 0 radical (unpaired) electrons. The number of hydrogen-bond donors (Lipinski definition) is 1. The first-order chi connectivity index (χ1) is 12.2. The molecule has 7 nitrogen and oxygen atoms in total. The molecule has 0 atom stereocenters. The van der Waals surface area contributed by atoms with Crippen molar-refractivity contribution >= 4 is 0 Å². The molecule has 7 heteroatoms. The molecule has 1 aliphatic heterocycles. The minimum atomic E-state index is 0.133. The van der Waals surface area contributed by atoms with E-state index in [0.717, 1.165) is 50.5 Å². The van der Waals surface area contributed by atoms with Crippen LogP contribution < -0.4 is 4.74 Å². The summed E-state index contributed by atoms with van der Waals surface area (Å²) >= 11 is 0. The van der Waals surface area contributed by atoms with Crippen molar-refractivity contribution < 1.29 is 9.84 Å². The zero-order valence-electron chi connectivity index (χ0n) is 15.5. The third-order valence-corrected chi connectivity index (χ3v) is 5.15. The van der Waals surface area contributed by atoms with Gasteiger partial charge in [-0.05, 0) is 38.4 Å². The molecule has 3 rings (SSSR count). The lowest BCUT2D eigenvalue weighted by Crippen LogP contribution is -2.33. The van der Waals surface area contributed by atoms with Crippen molar-refractivity contribution in [2.45, 2.75) is 45.2 Å². The molecule has 3 heterocycles. The fourth-order valence-corrected chi connectivity index (χ4v) is 3.89. The number of aliphatic hydroxyl groups is 1. The molecule has 0 saturated carbocycles. The molecule has 0 amide bonds. The quantitative estimate of drug-likeness (QED) is 0.823. The van der Waals surface area contributed by atoms with Crippen LogP contribution in [0.3, 0.4) is 0 Å². The maximum absolute atomic E-state index is 9.18. The topological polar surface area (TPSA) is 68.3 Å². The number of piperidine rings is 1. The standard InChI is InChI=1S/C18H29N5O2/c1-4-16-15(18(25-3)21(2)20-16)13-22-9-6-14(7-10-22)17-5-8-19-23(17)11-12-24/h5,8,14,24H,4,6-7,9-13H2,1-3H3. The van der Waals surface area contributed by atoms with Gasteiger partial charge in [-0.15, -0.1) is 0 Å². The number of aromatic nitrogens is 4. The fourth-order valence-electron chi connectivity index (χ4n) is 3.89. The van der Waals surface area contributed by atoms with Gasteiger partial charge < -0.3 is 9.84 Å². The van der Waals surface area contributed by atoms with Crippen LogP contribution in [-0.2, 0) is 26.6 Å². The van der Waals surface area contributed by atoms with Gasteiger partial charge in [-0.1, -0.05) is 6.92 Å². The van der Waals surface area contributed by atoms with Crippen molar-refractivity contribution in [2.24, 2.45) is 7.05 Å². The Morgan fingerprint density at radius 2 is 2.08 bits per heavy atom. The van der Waals surface area contributed by atoms with Gasteiger partial charge in [0.1, 0.15) is 0 Å². The lowest BCUT2D eigenvalue weighted by Gasteiger charge is -2.32. The summed E-state index contributed by atoms with van der Waals surface area (Å²) in [5.41, 5.74) is 3.60. The molecule has 0 aromatic carbocycles. The van der Waals surface area contributed by atoms with Crippen LogP contribution in [0.1, 0.15) is 42.6 Å². The van der Waals surface area contributed by atoms with E-state index in [9.17, 15) is 5.11 Å². The lowest BCUT2D eigenvalue weighted by atomic mass is 9.93. The number of ether oxygens (including phenoxy) is 1. The molecule has 1 saturated heterocycles. The molecule has 1 fully saturated rings. The highest BCUT2D eigenvalue weighted by atomic mass is 16.5. The average Bonchev–Trinajstić information content (AvgIpc) is 3.20. The van der Waals surface area contributed by atoms with Crippen LogP contribution >= 0.6 is 0 Å². The first kappa shape index (κ1) is 17.9. The summed E-state index contributed by atoms with van der Waals surface area (Å²) in [5, 5.41) is 18.1. The van der Waals surface area contributed by atoms with E-state index >= 15 is 0 Å². The summed E-state index contributed by atoms with van der Waals surface area (Å²) < 4.78 is 9.35. The summed E-state index contributed by atoms with van der Waals surface area (Å²) in [4.78, 5) is 2.49. The van der Waals surface area contributed by atoms with Crippen LogP contribution in [0.4, 0.5) is 0 Å². The fraction of sp³-hybridized carbons (Fsp3) is 0.667. The van der Waals surface area contributed by atoms with Crippen molar-refractivity contribution in [1.82, 2.24) is 24.5 Å². The first-order valence-electron chi connectivity index (χ1n) is 9.11. The van der Waals surface area contributed by atoms with E-state index in [1.807, 2.05) is 22.6 Å². The van der Waals surface area contributed by atoms with Crippen LogP contribution in [0, 0.1) is 0 Å². The predicted octanol–water partition coefficient (Wildman–Crippen LogP) is 1.56. The van der Waals surface area contributed by atoms with Crippen molar-refractivity contribution in [1.29, 1.82) is 0 Å². The van der Waals surface area contributed by atoms with Crippen molar-refractivity contribution in [3.05, 3.63) is 29.2 Å². The largest absolute Gasteiger partial charge is 0.481 e. The molecular weight excluding hydrogens is 318 g/mol. The number of nitrogens with zero attached hydrogens (tertiary/aromatic N) is 5. The van der Waals surface area contributed by atoms with E-state index in [4.69, 9.17) is 4.74 Å². The third kappa shape index (κ3) is 3.72. The summed E-state index contributed by atoms with van der Waals surface area (Å²) in [6.07, 6.45) is 4.98. The molecule has 2 aromatic rings. The van der Waals surface area contributed by atoms with E-state index in [0.29, 0.717) is 12.5 Å². The van der Waals surface area contributed by atoms with E-state index < -0.39 is 0 Å². The first-order valence-corrected chi connectivity index (χ1v) is 9.11. The SMILES string of the molecule is CCc1nn(C)c(OC)c1CN1CCC(c2ccnn2CCO)CC1. The average molecular weight is 347 g/mol. The van der Waals surface area contributed by atoms with Gasteiger partial charge in [-0.25, -0.2) is 4.68 Å². The van der Waals surface area contributed by atoms with E-state index in [1.165, 1.54) is 11.3 Å². The van der Waals surface area contributed by atoms with Gasteiger partial charge in [0.05, 0.1) is 31.5 Å². The highest BCUT2D eigenvalue weighted by Crippen LogP contribution is 2.30. The van der Waals surface area contributed by atoms with E-state index in [2.05, 4.69) is 28.1 Å². The van der Waals surface area contributed by atoms with Crippen LogP contribution in [0.5, 0.6) is 5.88 Å². The zero-order valence-corrected chi connectivity index (χ0v) is 15.5. The Hall–Kier alpha value is -1.86. The second-order valence-corrected chi connectivity index (χ2v) is 6.66. The van der Waals surface area contributed by atoms with Crippen LogP contribution in [-0.4, -0.2) is 56.4 Å². The number of aliphatic hydroxyl groups excluding tert-OH is 1. The number of aryl methyl sites for hydroxylation is 2. The maximum atomic E-state index is 9.18. The Morgan fingerprint density at radius 1 is 1.32 bits per heavy atom. The Morgan fingerprint density at radius 3 is 2.72 bits per heavy atom. The summed E-state index contributed by atoms with van der Waals surface area (Å²) in [6.45, 7) is 5.85. The molecule has 0 aliphatic carbocycles. The Bertz CT molecular complexity index is 686. The highest BCUT2D eigenvalue weighted by molar-refractivity contribution is 5.31. The molecular formula is C18H29N5O2. The van der Waals surface area contributed by atoms with E-state index in [-0.39, 0.29) is 6.61 Å². The van der Waals surface area contributed by atoms with E-state index in [1.54, 1.807) is 7.11 Å². The van der Waals surface area contributed by atoms with Gasteiger partial charge in [-0.2, -0.15) is 10.2 Å². The molecule has 25 heavy (non-hydrogen) atoms. The van der Waals surface area contributed by atoms with Gasteiger partial charge in [0, 0.05) is 31.4 Å². The van der Waals surface area contributed by atoms with Crippen LogP contribution in [0.15, 0.2) is 12.3 Å². The molecule has 0 bridgehead atoms. The summed E-state index contributed by atoms with van der Waals surface area (Å²) in [6, 6.07) is 2.09. The second-order valence-electron chi connectivity index (χ2n) is 6.66. The van der Waals surface area contributed by atoms with Crippen molar-refractivity contribution in [3.63, 3.8) is 0 Å². The van der Waals surface area contributed by atoms with Crippen molar-refractivity contribution in [3.8, 4) is 5.88 Å².